The number of carbonyl (C=O) groups is 2. The summed E-state index contributed by atoms with van der Waals surface area (Å²) in [6.45, 7) is 0.962. The molecule has 168 valence electrons. The van der Waals surface area contributed by atoms with Gasteiger partial charge in [-0.25, -0.2) is 0 Å². The Morgan fingerprint density at radius 2 is 1.38 bits per heavy atom. The molecule has 2 aliphatic heterocycles. The lowest BCUT2D eigenvalue weighted by molar-refractivity contribution is -0.327. The summed E-state index contributed by atoms with van der Waals surface area (Å²) in [5.41, 5.74) is 0. The normalized spacial score (nSPS) is 42.9. The summed E-state index contributed by atoms with van der Waals surface area (Å²) in [7, 11) is 0. The van der Waals surface area contributed by atoms with Crippen LogP contribution in [0, 0.1) is 0 Å². The fraction of sp³-hybridized carbons (Fsp3) is 0.875. The second-order valence-electron chi connectivity index (χ2n) is 7.00. The number of rotatable bonds is 6. The van der Waals surface area contributed by atoms with E-state index in [1.54, 1.807) is 0 Å². The Morgan fingerprint density at radius 1 is 0.828 bits per heavy atom. The number of hydrogen-bond acceptors (Lipinski definition) is 11. The van der Waals surface area contributed by atoms with Crippen LogP contribution in [0.1, 0.15) is 13.8 Å². The first-order valence-corrected chi connectivity index (χ1v) is 9.05. The number of ether oxygens (including phenoxy) is 3. The molecule has 0 spiro atoms. The lowest BCUT2D eigenvalue weighted by atomic mass is 9.94. The van der Waals surface area contributed by atoms with Crippen LogP contribution in [0.2, 0.25) is 0 Å². The van der Waals surface area contributed by atoms with Crippen molar-refractivity contribution in [2.24, 2.45) is 0 Å². The van der Waals surface area contributed by atoms with E-state index in [1.165, 1.54) is 0 Å². The first kappa shape index (κ1) is 23.9. The molecule has 0 aromatic rings. The molecule has 0 radical (unpaired) electrons. The molecule has 0 aromatic heterocycles. The third-order valence-corrected chi connectivity index (χ3v) is 4.78. The summed E-state index contributed by atoms with van der Waals surface area (Å²) >= 11 is 0. The van der Waals surface area contributed by atoms with Gasteiger partial charge < -0.3 is 55.5 Å². The highest BCUT2D eigenvalue weighted by molar-refractivity contribution is 5.73. The highest BCUT2D eigenvalue weighted by Gasteiger charge is 2.51. The molecule has 0 saturated carbocycles. The minimum atomic E-state index is -1.64. The van der Waals surface area contributed by atoms with Crippen molar-refractivity contribution in [1.29, 1.82) is 0 Å². The Hall–Kier alpha value is -1.42. The number of carbonyl (C=O) groups excluding carboxylic acids is 2. The highest BCUT2D eigenvalue weighted by Crippen LogP contribution is 2.28. The van der Waals surface area contributed by atoms with Gasteiger partial charge in [0.2, 0.25) is 11.8 Å². The van der Waals surface area contributed by atoms with Gasteiger partial charge in [0.25, 0.3) is 0 Å². The average Bonchev–Trinajstić information content (AvgIpc) is 2.65. The Morgan fingerprint density at radius 3 is 1.90 bits per heavy atom. The molecule has 2 rings (SSSR count). The van der Waals surface area contributed by atoms with Crippen LogP contribution < -0.4 is 10.6 Å². The van der Waals surface area contributed by atoms with Crippen LogP contribution in [0.25, 0.3) is 0 Å². The molecule has 1 unspecified atom stereocenters. The summed E-state index contributed by atoms with van der Waals surface area (Å²) in [6, 6.07) is -2.59. The lowest BCUT2D eigenvalue weighted by Gasteiger charge is -2.47. The van der Waals surface area contributed by atoms with E-state index < -0.39 is 86.3 Å². The van der Waals surface area contributed by atoms with Gasteiger partial charge in [-0.05, 0) is 0 Å². The zero-order valence-corrected chi connectivity index (χ0v) is 15.9. The molecule has 0 bridgehead atoms. The zero-order valence-electron chi connectivity index (χ0n) is 15.9. The van der Waals surface area contributed by atoms with Crippen molar-refractivity contribution in [3.05, 3.63) is 0 Å². The Labute approximate surface area is 166 Å². The third kappa shape index (κ3) is 5.39. The van der Waals surface area contributed by atoms with Gasteiger partial charge >= 0.3 is 0 Å². The van der Waals surface area contributed by atoms with Gasteiger partial charge in [0.15, 0.2) is 12.6 Å². The number of aliphatic hydroxyl groups excluding tert-OH is 6. The monoisotopic (exact) mass is 424 g/mol. The quantitative estimate of drug-likeness (QED) is 0.202. The molecule has 8 N–H and O–H groups in total. The topological polar surface area (TPSA) is 207 Å². The highest BCUT2D eigenvalue weighted by atomic mass is 16.7. The summed E-state index contributed by atoms with van der Waals surface area (Å²) in [5.74, 6) is -1.14. The second-order valence-corrected chi connectivity index (χ2v) is 7.00. The van der Waals surface area contributed by atoms with Crippen LogP contribution in [-0.2, 0) is 23.8 Å². The van der Waals surface area contributed by atoms with Gasteiger partial charge in [-0.1, -0.05) is 0 Å². The standard InChI is InChI=1S/C16H28N2O11/c1-5(21)17-9-13(25)14(8(4-20)27-15(9)26)29-16-10(18-6(2)22)12(24)11(23)7(3-19)28-16/h7-16,19-20,23-26H,3-4H2,1-2H3,(H,17,21)(H,18,22)/t7-,8-,9-,10-,11-,12-,13-,14?,15-,16+/m1/s1. The second kappa shape index (κ2) is 10.1. The minimum Gasteiger partial charge on any atom is -0.394 e. The first-order chi connectivity index (χ1) is 13.6. The van der Waals surface area contributed by atoms with E-state index in [4.69, 9.17) is 14.2 Å². The van der Waals surface area contributed by atoms with Crippen molar-refractivity contribution in [2.45, 2.75) is 75.1 Å². The van der Waals surface area contributed by atoms with E-state index >= 15 is 0 Å². The Bertz CT molecular complexity index is 579. The van der Waals surface area contributed by atoms with Crippen molar-refractivity contribution in [3.8, 4) is 0 Å². The molecule has 2 fully saturated rings. The van der Waals surface area contributed by atoms with Crippen LogP contribution >= 0.6 is 0 Å². The predicted octanol–water partition coefficient (Wildman–Crippen LogP) is -5.11. The van der Waals surface area contributed by atoms with E-state index in [0.29, 0.717) is 0 Å². The summed E-state index contributed by atoms with van der Waals surface area (Å²) in [6.07, 6.45) is -11.7. The third-order valence-electron chi connectivity index (χ3n) is 4.78. The van der Waals surface area contributed by atoms with Crippen molar-refractivity contribution in [1.82, 2.24) is 10.6 Å². The van der Waals surface area contributed by atoms with E-state index in [9.17, 15) is 40.2 Å². The van der Waals surface area contributed by atoms with E-state index in [0.717, 1.165) is 13.8 Å². The van der Waals surface area contributed by atoms with Crippen molar-refractivity contribution in [2.75, 3.05) is 13.2 Å². The summed E-state index contributed by atoms with van der Waals surface area (Å²) < 4.78 is 16.3. The molecule has 2 saturated heterocycles. The molecule has 10 atom stereocenters. The van der Waals surface area contributed by atoms with Gasteiger partial charge in [0.1, 0.15) is 48.7 Å². The fourth-order valence-electron chi connectivity index (χ4n) is 3.38. The summed E-state index contributed by atoms with van der Waals surface area (Å²) in [5, 5.41) is 64.5. The molecule has 0 aromatic carbocycles. The first-order valence-electron chi connectivity index (χ1n) is 9.05. The Kier molecular flexibility index (Phi) is 8.28. The van der Waals surface area contributed by atoms with Crippen LogP contribution in [0.4, 0.5) is 0 Å². The van der Waals surface area contributed by atoms with Gasteiger partial charge in [-0.3, -0.25) is 9.59 Å². The van der Waals surface area contributed by atoms with Crippen LogP contribution in [0.15, 0.2) is 0 Å². The molecular weight excluding hydrogens is 396 g/mol. The van der Waals surface area contributed by atoms with Crippen molar-refractivity contribution >= 4 is 11.8 Å². The maximum atomic E-state index is 11.5. The lowest BCUT2D eigenvalue weighted by Crippen LogP contribution is -2.69. The maximum absolute atomic E-state index is 11.5. The SMILES string of the molecule is CC(=O)N[C@H]1[C@H](OC2[C@@H](CO)O[C@@H](O)[C@H](NC(C)=O)[C@H]2O)O[C@H](CO)[C@@H](O)[C@@H]1O. The maximum Gasteiger partial charge on any atom is 0.217 e. The van der Waals surface area contributed by atoms with E-state index in [1.807, 2.05) is 0 Å². The molecule has 13 heteroatoms. The molecule has 2 heterocycles. The largest absolute Gasteiger partial charge is 0.394 e. The summed E-state index contributed by atoms with van der Waals surface area (Å²) in [4.78, 5) is 22.8. The van der Waals surface area contributed by atoms with Gasteiger partial charge in [-0.15, -0.1) is 0 Å². The number of hydrogen-bond donors (Lipinski definition) is 8. The number of aliphatic hydroxyl groups is 6. The fourth-order valence-corrected chi connectivity index (χ4v) is 3.38. The molecule has 13 nitrogen and oxygen atoms in total. The van der Waals surface area contributed by atoms with Crippen LogP contribution in [-0.4, -0.2) is 117 Å². The van der Waals surface area contributed by atoms with Crippen LogP contribution in [0.5, 0.6) is 0 Å². The number of nitrogens with one attached hydrogen (secondary N) is 2. The van der Waals surface area contributed by atoms with E-state index in [-0.39, 0.29) is 0 Å². The van der Waals surface area contributed by atoms with E-state index in [2.05, 4.69) is 10.6 Å². The van der Waals surface area contributed by atoms with Gasteiger partial charge in [0.05, 0.1) is 13.2 Å². The van der Waals surface area contributed by atoms with Gasteiger partial charge in [0, 0.05) is 13.8 Å². The molecule has 0 aliphatic carbocycles. The minimum absolute atomic E-state index is 0.568. The van der Waals surface area contributed by atoms with Crippen molar-refractivity contribution < 1.29 is 54.4 Å². The van der Waals surface area contributed by atoms with Crippen LogP contribution in [0.3, 0.4) is 0 Å². The van der Waals surface area contributed by atoms with Crippen molar-refractivity contribution in [3.63, 3.8) is 0 Å². The molecule has 29 heavy (non-hydrogen) atoms. The average molecular weight is 424 g/mol. The molecular formula is C16H28N2O11. The van der Waals surface area contributed by atoms with Gasteiger partial charge in [-0.2, -0.15) is 0 Å². The molecule has 2 amide bonds. The zero-order chi connectivity index (χ0) is 21.9. The predicted molar refractivity (Wildman–Crippen MR) is 91.8 cm³/mol. The number of amides is 2. The Balaban J connectivity index is 2.26. The smallest absolute Gasteiger partial charge is 0.217 e. The molecule has 2 aliphatic rings.